The molecule has 0 bridgehead atoms. The fourth-order valence-electron chi connectivity index (χ4n) is 1.48. The molecule has 1 rings (SSSR count). The lowest BCUT2D eigenvalue weighted by Gasteiger charge is -2.20. The van der Waals surface area contributed by atoms with Gasteiger partial charge in [-0.05, 0) is 32.9 Å². The van der Waals surface area contributed by atoms with Crippen molar-refractivity contribution in [2.24, 2.45) is 0 Å². The molecule has 0 atom stereocenters. The SMILES string of the molecule is CC(C)(C)OC(=O)NCc1c(F)cccc1C(F)(F)F. The van der Waals surface area contributed by atoms with E-state index in [1.54, 1.807) is 20.8 Å². The third kappa shape index (κ3) is 4.71. The lowest BCUT2D eigenvalue weighted by molar-refractivity contribution is -0.138. The minimum atomic E-state index is -4.69. The molecule has 0 aliphatic rings. The van der Waals surface area contributed by atoms with Crippen molar-refractivity contribution in [1.29, 1.82) is 0 Å². The molecule has 1 aromatic carbocycles. The van der Waals surface area contributed by atoms with Gasteiger partial charge in [0.05, 0.1) is 5.56 Å². The summed E-state index contributed by atoms with van der Waals surface area (Å²) in [6.07, 6.45) is -5.60. The van der Waals surface area contributed by atoms with Crippen LogP contribution >= 0.6 is 0 Å². The summed E-state index contributed by atoms with van der Waals surface area (Å²) in [6.45, 7) is 4.22. The quantitative estimate of drug-likeness (QED) is 0.841. The number of hydrogen-bond acceptors (Lipinski definition) is 2. The van der Waals surface area contributed by atoms with E-state index in [2.05, 4.69) is 5.32 Å². The zero-order valence-electron chi connectivity index (χ0n) is 11.3. The Hall–Kier alpha value is -1.79. The Kier molecular flexibility index (Phi) is 4.62. The zero-order valence-corrected chi connectivity index (χ0v) is 11.3. The Morgan fingerprint density at radius 3 is 2.35 bits per heavy atom. The van der Waals surface area contributed by atoms with E-state index in [0.717, 1.165) is 18.2 Å². The lowest BCUT2D eigenvalue weighted by Crippen LogP contribution is -2.32. The molecule has 0 aliphatic carbocycles. The Balaban J connectivity index is 2.86. The van der Waals surface area contributed by atoms with Gasteiger partial charge in [0.25, 0.3) is 0 Å². The van der Waals surface area contributed by atoms with Crippen LogP contribution in [0, 0.1) is 5.82 Å². The van der Waals surface area contributed by atoms with E-state index in [4.69, 9.17) is 4.74 Å². The van der Waals surface area contributed by atoms with Gasteiger partial charge >= 0.3 is 12.3 Å². The molecule has 0 unspecified atom stereocenters. The number of amides is 1. The van der Waals surface area contributed by atoms with Gasteiger partial charge in [0.2, 0.25) is 0 Å². The fraction of sp³-hybridized carbons (Fsp3) is 0.462. The number of alkyl halides is 3. The third-order valence-corrected chi connectivity index (χ3v) is 2.23. The first-order chi connectivity index (χ1) is 9.00. The summed E-state index contributed by atoms with van der Waals surface area (Å²) in [5.74, 6) is -1.03. The Labute approximate surface area is 113 Å². The summed E-state index contributed by atoms with van der Waals surface area (Å²) in [5.41, 5.74) is -2.52. The van der Waals surface area contributed by atoms with Gasteiger partial charge in [-0.1, -0.05) is 6.07 Å². The van der Waals surface area contributed by atoms with Crippen LogP contribution in [0.4, 0.5) is 22.4 Å². The van der Waals surface area contributed by atoms with Crippen LogP contribution in [0.1, 0.15) is 31.9 Å². The molecule has 0 aliphatic heterocycles. The third-order valence-electron chi connectivity index (χ3n) is 2.23. The van der Waals surface area contributed by atoms with Crippen LogP contribution in [0.3, 0.4) is 0 Å². The molecule has 20 heavy (non-hydrogen) atoms. The monoisotopic (exact) mass is 293 g/mol. The largest absolute Gasteiger partial charge is 0.444 e. The predicted octanol–water partition coefficient (Wildman–Crippen LogP) is 3.87. The second-order valence-electron chi connectivity index (χ2n) is 5.12. The smallest absolute Gasteiger partial charge is 0.416 e. The van der Waals surface area contributed by atoms with E-state index < -0.39 is 41.4 Å². The van der Waals surface area contributed by atoms with Crippen LogP contribution in [0.25, 0.3) is 0 Å². The van der Waals surface area contributed by atoms with Crippen LogP contribution in [0.2, 0.25) is 0 Å². The highest BCUT2D eigenvalue weighted by atomic mass is 19.4. The van der Waals surface area contributed by atoms with Crippen LogP contribution in [0.5, 0.6) is 0 Å². The number of ether oxygens (including phenoxy) is 1. The van der Waals surface area contributed by atoms with Gasteiger partial charge in [-0.2, -0.15) is 13.2 Å². The second kappa shape index (κ2) is 5.68. The molecule has 1 aromatic rings. The number of benzene rings is 1. The fourth-order valence-corrected chi connectivity index (χ4v) is 1.48. The van der Waals surface area contributed by atoms with Gasteiger partial charge in [-0.3, -0.25) is 0 Å². The molecule has 0 saturated carbocycles. The molecule has 3 nitrogen and oxygen atoms in total. The first kappa shape index (κ1) is 16.3. The van der Waals surface area contributed by atoms with Gasteiger partial charge < -0.3 is 10.1 Å². The maximum atomic E-state index is 13.5. The van der Waals surface area contributed by atoms with Gasteiger partial charge in [0.1, 0.15) is 11.4 Å². The number of halogens is 4. The maximum absolute atomic E-state index is 13.5. The Morgan fingerprint density at radius 1 is 1.25 bits per heavy atom. The van der Waals surface area contributed by atoms with Crippen molar-refractivity contribution in [2.75, 3.05) is 0 Å². The predicted molar refractivity (Wildman–Crippen MR) is 64.5 cm³/mol. The Bertz CT molecular complexity index is 492. The first-order valence-corrected chi connectivity index (χ1v) is 5.82. The molecular formula is C13H15F4NO2. The van der Waals surface area contributed by atoms with Crippen LogP contribution in [0.15, 0.2) is 18.2 Å². The zero-order chi connectivity index (χ0) is 15.6. The molecule has 0 heterocycles. The molecule has 112 valence electrons. The standard InChI is InChI=1S/C13H15F4NO2/c1-12(2,3)20-11(19)18-7-8-9(13(15,16)17)5-4-6-10(8)14/h4-6H,7H2,1-3H3,(H,18,19). The molecule has 7 heteroatoms. The van der Waals surface area contributed by atoms with Crippen LogP contribution in [-0.2, 0) is 17.5 Å². The summed E-state index contributed by atoms with van der Waals surface area (Å²) >= 11 is 0. The molecule has 0 saturated heterocycles. The van der Waals surface area contributed by atoms with Gasteiger partial charge in [0.15, 0.2) is 0 Å². The minimum absolute atomic E-state index is 0.601. The summed E-state index contributed by atoms with van der Waals surface area (Å²) in [4.78, 5) is 11.4. The maximum Gasteiger partial charge on any atom is 0.416 e. The van der Waals surface area contributed by atoms with E-state index >= 15 is 0 Å². The highest BCUT2D eigenvalue weighted by molar-refractivity contribution is 5.67. The molecule has 0 spiro atoms. The number of carbonyl (C=O) groups excluding carboxylic acids is 1. The highest BCUT2D eigenvalue weighted by Crippen LogP contribution is 2.32. The van der Waals surface area contributed by atoms with E-state index in [-0.39, 0.29) is 0 Å². The van der Waals surface area contributed by atoms with Crippen molar-refractivity contribution in [3.63, 3.8) is 0 Å². The first-order valence-electron chi connectivity index (χ1n) is 5.82. The van der Waals surface area contributed by atoms with E-state index in [1.165, 1.54) is 0 Å². The van der Waals surface area contributed by atoms with Gasteiger partial charge in [-0.15, -0.1) is 0 Å². The summed E-state index contributed by atoms with van der Waals surface area (Å²) in [7, 11) is 0. The number of rotatable bonds is 2. The Morgan fingerprint density at radius 2 is 1.85 bits per heavy atom. The summed E-state index contributed by atoms with van der Waals surface area (Å²) in [6, 6.07) is 2.63. The molecular weight excluding hydrogens is 278 g/mol. The normalized spacial score (nSPS) is 12.2. The van der Waals surface area contributed by atoms with Crippen molar-refractivity contribution in [3.8, 4) is 0 Å². The molecule has 0 fully saturated rings. The molecule has 0 aromatic heterocycles. The van der Waals surface area contributed by atoms with Crippen molar-refractivity contribution >= 4 is 6.09 Å². The van der Waals surface area contributed by atoms with Gasteiger partial charge in [0, 0.05) is 12.1 Å². The molecule has 1 amide bonds. The topological polar surface area (TPSA) is 38.3 Å². The number of hydrogen-bond donors (Lipinski definition) is 1. The number of carbonyl (C=O) groups is 1. The molecule has 1 N–H and O–H groups in total. The summed E-state index contributed by atoms with van der Waals surface area (Å²) in [5, 5.41) is 2.11. The van der Waals surface area contributed by atoms with Crippen molar-refractivity contribution in [2.45, 2.75) is 39.1 Å². The number of nitrogens with one attached hydrogen (secondary N) is 1. The van der Waals surface area contributed by atoms with E-state index in [1.807, 2.05) is 0 Å². The molecule has 0 radical (unpaired) electrons. The highest BCUT2D eigenvalue weighted by Gasteiger charge is 2.34. The average Bonchev–Trinajstić information content (AvgIpc) is 2.23. The average molecular weight is 293 g/mol. The van der Waals surface area contributed by atoms with E-state index in [9.17, 15) is 22.4 Å². The van der Waals surface area contributed by atoms with E-state index in [0.29, 0.717) is 0 Å². The van der Waals surface area contributed by atoms with Crippen molar-refractivity contribution < 1.29 is 27.1 Å². The second-order valence-corrected chi connectivity index (χ2v) is 5.12. The summed E-state index contributed by atoms with van der Waals surface area (Å²) < 4.78 is 56.5. The van der Waals surface area contributed by atoms with Crippen molar-refractivity contribution in [1.82, 2.24) is 5.32 Å². The lowest BCUT2D eigenvalue weighted by atomic mass is 10.1. The van der Waals surface area contributed by atoms with Crippen LogP contribution < -0.4 is 5.32 Å². The van der Waals surface area contributed by atoms with Crippen molar-refractivity contribution in [3.05, 3.63) is 35.1 Å². The van der Waals surface area contributed by atoms with Crippen LogP contribution in [-0.4, -0.2) is 11.7 Å². The van der Waals surface area contributed by atoms with Gasteiger partial charge in [-0.25, -0.2) is 9.18 Å². The minimum Gasteiger partial charge on any atom is -0.444 e. The number of alkyl carbamates (subject to hydrolysis) is 1.